The van der Waals surface area contributed by atoms with Gasteiger partial charge in [0.05, 0.1) is 6.26 Å². The van der Waals surface area contributed by atoms with Gasteiger partial charge < -0.3 is 5.32 Å². The van der Waals surface area contributed by atoms with Gasteiger partial charge in [-0.2, -0.15) is 0 Å². The first-order valence-electron chi connectivity index (χ1n) is 7.29. The summed E-state index contributed by atoms with van der Waals surface area (Å²) < 4.78 is 24.8. The van der Waals surface area contributed by atoms with Crippen molar-refractivity contribution >= 4 is 38.1 Å². The fourth-order valence-corrected chi connectivity index (χ4v) is 3.00. The minimum Gasteiger partial charge on any atom is -0.321 e. The van der Waals surface area contributed by atoms with Crippen LogP contribution in [0.15, 0.2) is 66.7 Å². The highest BCUT2D eigenvalue weighted by atomic mass is 32.2. The Kier molecular flexibility index (Phi) is 4.22. The van der Waals surface area contributed by atoms with E-state index in [1.54, 1.807) is 24.3 Å². The number of anilines is 2. The molecular weight excluding hydrogens is 324 g/mol. The van der Waals surface area contributed by atoms with E-state index < -0.39 is 10.0 Å². The average molecular weight is 340 g/mol. The quantitative estimate of drug-likeness (QED) is 0.764. The number of fused-ring (bicyclic) bond motifs is 1. The van der Waals surface area contributed by atoms with Gasteiger partial charge in [-0.3, -0.25) is 9.52 Å². The molecule has 0 fully saturated rings. The number of rotatable bonds is 4. The Labute approximate surface area is 140 Å². The van der Waals surface area contributed by atoms with Gasteiger partial charge in [0.15, 0.2) is 0 Å². The third-order valence-electron chi connectivity index (χ3n) is 3.49. The minimum atomic E-state index is -3.33. The van der Waals surface area contributed by atoms with E-state index in [4.69, 9.17) is 0 Å². The SMILES string of the molecule is CS(=O)(=O)Nc1ccc(C(=O)Nc2cccc3ccccc23)cc1. The first-order chi connectivity index (χ1) is 11.4. The van der Waals surface area contributed by atoms with E-state index >= 15 is 0 Å². The molecule has 0 aliphatic heterocycles. The van der Waals surface area contributed by atoms with E-state index in [0.717, 1.165) is 22.7 Å². The summed E-state index contributed by atoms with van der Waals surface area (Å²) in [6.45, 7) is 0. The van der Waals surface area contributed by atoms with Crippen LogP contribution in [0.4, 0.5) is 11.4 Å². The van der Waals surface area contributed by atoms with Gasteiger partial charge in [0, 0.05) is 22.3 Å². The Morgan fingerprint density at radius 2 is 1.54 bits per heavy atom. The lowest BCUT2D eigenvalue weighted by Crippen LogP contribution is -2.13. The summed E-state index contributed by atoms with van der Waals surface area (Å²) in [6.07, 6.45) is 1.08. The third kappa shape index (κ3) is 3.72. The normalized spacial score (nSPS) is 11.2. The predicted octanol–water partition coefficient (Wildman–Crippen LogP) is 3.46. The largest absolute Gasteiger partial charge is 0.321 e. The van der Waals surface area contributed by atoms with Crippen molar-refractivity contribution in [2.24, 2.45) is 0 Å². The molecule has 0 unspecified atom stereocenters. The molecule has 0 bridgehead atoms. The zero-order valence-corrected chi connectivity index (χ0v) is 13.8. The summed E-state index contributed by atoms with van der Waals surface area (Å²) in [5.74, 6) is -0.253. The van der Waals surface area contributed by atoms with Gasteiger partial charge in [0.2, 0.25) is 10.0 Å². The average Bonchev–Trinajstić information content (AvgIpc) is 2.54. The molecule has 0 aliphatic carbocycles. The summed E-state index contributed by atoms with van der Waals surface area (Å²) in [7, 11) is -3.33. The molecule has 0 atom stereocenters. The molecule has 0 aliphatic rings. The van der Waals surface area contributed by atoms with E-state index in [1.165, 1.54) is 0 Å². The fraction of sp³-hybridized carbons (Fsp3) is 0.0556. The smallest absolute Gasteiger partial charge is 0.255 e. The van der Waals surface area contributed by atoms with Crippen LogP contribution in [0.5, 0.6) is 0 Å². The van der Waals surface area contributed by atoms with Gasteiger partial charge in [-0.15, -0.1) is 0 Å². The van der Waals surface area contributed by atoms with Gasteiger partial charge >= 0.3 is 0 Å². The number of nitrogens with one attached hydrogen (secondary N) is 2. The molecule has 122 valence electrons. The molecule has 5 nitrogen and oxygen atoms in total. The van der Waals surface area contributed by atoms with Crippen LogP contribution in [0.25, 0.3) is 10.8 Å². The number of carbonyl (C=O) groups is 1. The Hall–Kier alpha value is -2.86. The lowest BCUT2D eigenvalue weighted by Gasteiger charge is -2.09. The van der Waals surface area contributed by atoms with Crippen molar-refractivity contribution in [3.63, 3.8) is 0 Å². The van der Waals surface area contributed by atoms with Crippen LogP contribution in [0.2, 0.25) is 0 Å². The first kappa shape index (κ1) is 16.0. The molecule has 0 aromatic heterocycles. The van der Waals surface area contributed by atoms with Gasteiger partial charge in [-0.05, 0) is 35.7 Å². The molecule has 2 N–H and O–H groups in total. The van der Waals surface area contributed by atoms with Gasteiger partial charge in [0.1, 0.15) is 0 Å². The topological polar surface area (TPSA) is 75.3 Å². The van der Waals surface area contributed by atoms with E-state index in [9.17, 15) is 13.2 Å². The van der Waals surface area contributed by atoms with Gasteiger partial charge in [-0.1, -0.05) is 36.4 Å². The molecule has 3 aromatic rings. The van der Waals surface area contributed by atoms with Crippen LogP contribution < -0.4 is 10.0 Å². The number of amides is 1. The maximum atomic E-state index is 12.4. The number of carbonyl (C=O) groups excluding carboxylic acids is 1. The van der Waals surface area contributed by atoms with E-state index in [0.29, 0.717) is 11.3 Å². The number of hydrogen-bond donors (Lipinski definition) is 2. The standard InChI is InChI=1S/C18H16N2O3S/c1-24(22,23)20-15-11-9-14(10-12-15)18(21)19-17-8-4-6-13-5-2-3-7-16(13)17/h2-12,20H,1H3,(H,19,21). The second kappa shape index (κ2) is 6.33. The lowest BCUT2D eigenvalue weighted by atomic mass is 10.1. The molecule has 3 rings (SSSR count). The predicted molar refractivity (Wildman–Crippen MR) is 96.8 cm³/mol. The molecule has 3 aromatic carbocycles. The van der Waals surface area contributed by atoms with Crippen LogP contribution in [0.3, 0.4) is 0 Å². The van der Waals surface area contributed by atoms with E-state index in [1.807, 2.05) is 42.5 Å². The Morgan fingerprint density at radius 3 is 2.25 bits per heavy atom. The Morgan fingerprint density at radius 1 is 0.875 bits per heavy atom. The van der Waals surface area contributed by atoms with E-state index in [2.05, 4.69) is 10.0 Å². The van der Waals surface area contributed by atoms with Gasteiger partial charge in [0.25, 0.3) is 5.91 Å². The van der Waals surface area contributed by atoms with Crippen LogP contribution in [-0.4, -0.2) is 20.6 Å². The summed E-state index contributed by atoms with van der Waals surface area (Å²) in [5, 5.41) is 4.90. The first-order valence-corrected chi connectivity index (χ1v) is 9.18. The van der Waals surface area contributed by atoms with Crippen LogP contribution in [0, 0.1) is 0 Å². The van der Waals surface area contributed by atoms with Gasteiger partial charge in [-0.25, -0.2) is 8.42 Å². The number of benzene rings is 3. The maximum absolute atomic E-state index is 12.4. The van der Waals surface area contributed by atoms with Crippen molar-refractivity contribution < 1.29 is 13.2 Å². The van der Waals surface area contributed by atoms with Crippen molar-refractivity contribution in [1.82, 2.24) is 0 Å². The summed E-state index contributed by atoms with van der Waals surface area (Å²) in [5.41, 5.74) is 1.60. The van der Waals surface area contributed by atoms with Crippen molar-refractivity contribution in [3.8, 4) is 0 Å². The molecule has 1 amide bonds. The zero-order chi connectivity index (χ0) is 17.2. The van der Waals surface area contributed by atoms with Crippen molar-refractivity contribution in [3.05, 3.63) is 72.3 Å². The molecule has 6 heteroatoms. The molecule has 0 radical (unpaired) electrons. The molecular formula is C18H16N2O3S. The van der Waals surface area contributed by atoms with Crippen molar-refractivity contribution in [2.75, 3.05) is 16.3 Å². The second-order valence-electron chi connectivity index (χ2n) is 5.43. The molecule has 24 heavy (non-hydrogen) atoms. The summed E-state index contributed by atoms with van der Waals surface area (Å²) >= 11 is 0. The van der Waals surface area contributed by atoms with Crippen molar-refractivity contribution in [1.29, 1.82) is 0 Å². The molecule has 0 spiro atoms. The summed E-state index contributed by atoms with van der Waals surface area (Å²) in [4.78, 5) is 12.4. The maximum Gasteiger partial charge on any atom is 0.255 e. The number of sulfonamides is 1. The highest BCUT2D eigenvalue weighted by Gasteiger charge is 2.09. The van der Waals surface area contributed by atoms with E-state index in [-0.39, 0.29) is 5.91 Å². The number of hydrogen-bond acceptors (Lipinski definition) is 3. The second-order valence-corrected chi connectivity index (χ2v) is 7.18. The van der Waals surface area contributed by atoms with Crippen molar-refractivity contribution in [2.45, 2.75) is 0 Å². The minimum absolute atomic E-state index is 0.253. The third-order valence-corrected chi connectivity index (χ3v) is 4.09. The molecule has 0 heterocycles. The molecule has 0 saturated carbocycles. The zero-order valence-electron chi connectivity index (χ0n) is 13.0. The van der Waals surface area contributed by atoms with Crippen LogP contribution in [0.1, 0.15) is 10.4 Å². The highest BCUT2D eigenvalue weighted by Crippen LogP contribution is 2.23. The molecule has 0 saturated heterocycles. The summed E-state index contributed by atoms with van der Waals surface area (Å²) in [6, 6.07) is 19.8. The monoisotopic (exact) mass is 340 g/mol. The van der Waals surface area contributed by atoms with Crippen LogP contribution >= 0.6 is 0 Å². The Bertz CT molecular complexity index is 991. The van der Waals surface area contributed by atoms with Crippen LogP contribution in [-0.2, 0) is 10.0 Å². The Balaban J connectivity index is 1.82. The lowest BCUT2D eigenvalue weighted by molar-refractivity contribution is 0.102. The fourth-order valence-electron chi connectivity index (χ4n) is 2.43. The highest BCUT2D eigenvalue weighted by molar-refractivity contribution is 7.92.